The first-order chi connectivity index (χ1) is 12.5. The highest BCUT2D eigenvalue weighted by molar-refractivity contribution is 7.15. The summed E-state index contributed by atoms with van der Waals surface area (Å²) in [6, 6.07) is 7.27. The largest absolute Gasteiger partial charge is 0.453 e. The molecule has 26 heavy (non-hydrogen) atoms. The topological polar surface area (TPSA) is 77.2 Å². The second kappa shape index (κ2) is 8.25. The molecular formula is C19H21N3O3S. The van der Waals surface area contributed by atoms with Gasteiger partial charge in [0.05, 0.1) is 18.3 Å². The highest BCUT2D eigenvalue weighted by Crippen LogP contribution is 2.27. The van der Waals surface area contributed by atoms with E-state index in [0.29, 0.717) is 18.9 Å². The number of ether oxygens (including phenoxy) is 1. The van der Waals surface area contributed by atoms with Crippen LogP contribution in [0, 0.1) is 6.92 Å². The van der Waals surface area contributed by atoms with E-state index in [9.17, 15) is 4.79 Å². The molecule has 0 fully saturated rings. The number of carbonyl (C=O) groups excluding carboxylic acids is 1. The van der Waals surface area contributed by atoms with Crippen molar-refractivity contribution in [3.63, 3.8) is 0 Å². The Kier molecular flexibility index (Phi) is 5.80. The van der Waals surface area contributed by atoms with Crippen LogP contribution in [-0.2, 0) is 17.9 Å². The van der Waals surface area contributed by atoms with Gasteiger partial charge in [0.1, 0.15) is 17.4 Å². The molecule has 3 aromatic heterocycles. The standard InChI is InChI=1S/C19H21N3O3S/c1-12(2)24-11-15-6-7-16(25-15)18(23)21-10-17-13(3)22-19(26-17)14-5-4-8-20-9-14/h4-9,12H,10-11H2,1-3H3,(H,21,23). The number of aromatic nitrogens is 2. The third-order valence-electron chi connectivity index (χ3n) is 3.66. The summed E-state index contributed by atoms with van der Waals surface area (Å²) in [6.07, 6.45) is 3.62. The number of rotatable bonds is 7. The summed E-state index contributed by atoms with van der Waals surface area (Å²) in [4.78, 5) is 22.0. The normalized spacial score (nSPS) is 11.1. The average molecular weight is 371 g/mol. The lowest BCUT2D eigenvalue weighted by Crippen LogP contribution is -2.22. The first-order valence-electron chi connectivity index (χ1n) is 8.38. The smallest absolute Gasteiger partial charge is 0.287 e. The molecule has 3 aromatic rings. The molecule has 6 nitrogen and oxygen atoms in total. The summed E-state index contributed by atoms with van der Waals surface area (Å²) in [6.45, 7) is 6.60. The van der Waals surface area contributed by atoms with E-state index >= 15 is 0 Å². The molecule has 0 aliphatic heterocycles. The van der Waals surface area contributed by atoms with E-state index < -0.39 is 0 Å². The van der Waals surface area contributed by atoms with Crippen molar-refractivity contribution < 1.29 is 13.9 Å². The van der Waals surface area contributed by atoms with E-state index in [2.05, 4.69) is 15.3 Å². The predicted octanol–water partition coefficient (Wildman–Crippen LogP) is 3.96. The molecule has 0 saturated carbocycles. The van der Waals surface area contributed by atoms with Crippen molar-refractivity contribution in [2.24, 2.45) is 0 Å². The Morgan fingerprint density at radius 3 is 2.92 bits per heavy atom. The minimum atomic E-state index is -0.253. The van der Waals surface area contributed by atoms with Crippen LogP contribution in [0.2, 0.25) is 0 Å². The molecule has 0 aromatic carbocycles. The number of hydrogen-bond acceptors (Lipinski definition) is 6. The number of nitrogens with one attached hydrogen (secondary N) is 1. The lowest BCUT2D eigenvalue weighted by Gasteiger charge is -2.04. The number of furan rings is 1. The van der Waals surface area contributed by atoms with Crippen LogP contribution in [-0.4, -0.2) is 22.0 Å². The van der Waals surface area contributed by atoms with Gasteiger partial charge < -0.3 is 14.5 Å². The zero-order valence-electron chi connectivity index (χ0n) is 15.0. The van der Waals surface area contributed by atoms with Gasteiger partial charge in [0.25, 0.3) is 5.91 Å². The van der Waals surface area contributed by atoms with E-state index in [-0.39, 0.29) is 17.8 Å². The molecule has 0 aliphatic rings. The van der Waals surface area contributed by atoms with Crippen LogP contribution in [0.3, 0.4) is 0 Å². The molecule has 0 bridgehead atoms. The molecule has 3 heterocycles. The zero-order chi connectivity index (χ0) is 18.5. The first kappa shape index (κ1) is 18.3. The van der Waals surface area contributed by atoms with Gasteiger partial charge in [-0.3, -0.25) is 9.78 Å². The predicted molar refractivity (Wildman–Crippen MR) is 99.9 cm³/mol. The Labute approximate surface area is 156 Å². The minimum Gasteiger partial charge on any atom is -0.453 e. The number of aryl methyl sites for hydroxylation is 1. The summed E-state index contributed by atoms with van der Waals surface area (Å²) in [7, 11) is 0. The Hall–Kier alpha value is -2.51. The first-order valence-corrected chi connectivity index (χ1v) is 9.20. The van der Waals surface area contributed by atoms with Crippen LogP contribution in [0.4, 0.5) is 0 Å². The number of carbonyl (C=O) groups is 1. The molecule has 3 rings (SSSR count). The van der Waals surface area contributed by atoms with Crippen molar-refractivity contribution in [2.45, 2.75) is 40.0 Å². The van der Waals surface area contributed by atoms with Crippen LogP contribution in [0.25, 0.3) is 10.6 Å². The molecule has 0 aliphatic carbocycles. The summed E-state index contributed by atoms with van der Waals surface area (Å²) in [5.41, 5.74) is 1.87. The van der Waals surface area contributed by atoms with Crippen LogP contribution >= 0.6 is 11.3 Å². The number of hydrogen-bond donors (Lipinski definition) is 1. The Bertz CT molecular complexity index is 871. The molecule has 0 saturated heterocycles. The van der Waals surface area contributed by atoms with Crippen molar-refractivity contribution >= 4 is 17.2 Å². The van der Waals surface area contributed by atoms with Crippen LogP contribution in [0.15, 0.2) is 41.1 Å². The lowest BCUT2D eigenvalue weighted by atomic mass is 10.3. The van der Waals surface area contributed by atoms with Crippen molar-refractivity contribution in [1.82, 2.24) is 15.3 Å². The minimum absolute atomic E-state index is 0.112. The van der Waals surface area contributed by atoms with Gasteiger partial charge in [0.2, 0.25) is 0 Å². The maximum atomic E-state index is 12.3. The molecule has 1 N–H and O–H groups in total. The molecule has 0 spiro atoms. The number of nitrogens with zero attached hydrogens (tertiary/aromatic N) is 2. The van der Waals surface area contributed by atoms with Gasteiger partial charge in [-0.05, 0) is 45.0 Å². The van der Waals surface area contributed by atoms with Gasteiger partial charge >= 0.3 is 0 Å². The number of pyridine rings is 1. The molecule has 0 unspecified atom stereocenters. The van der Waals surface area contributed by atoms with Gasteiger partial charge in [-0.2, -0.15) is 0 Å². The Balaban J connectivity index is 1.60. The highest BCUT2D eigenvalue weighted by atomic mass is 32.1. The Morgan fingerprint density at radius 1 is 1.35 bits per heavy atom. The SMILES string of the molecule is Cc1nc(-c2cccnc2)sc1CNC(=O)c1ccc(COC(C)C)o1. The van der Waals surface area contributed by atoms with E-state index in [4.69, 9.17) is 9.15 Å². The fraction of sp³-hybridized carbons (Fsp3) is 0.316. The monoisotopic (exact) mass is 371 g/mol. The van der Waals surface area contributed by atoms with E-state index in [1.54, 1.807) is 35.9 Å². The van der Waals surface area contributed by atoms with E-state index in [1.807, 2.05) is 32.9 Å². The maximum absolute atomic E-state index is 12.3. The van der Waals surface area contributed by atoms with E-state index in [1.165, 1.54) is 0 Å². The molecule has 1 amide bonds. The highest BCUT2D eigenvalue weighted by Gasteiger charge is 2.14. The average Bonchev–Trinajstić information content (AvgIpc) is 3.25. The van der Waals surface area contributed by atoms with Gasteiger partial charge in [-0.1, -0.05) is 0 Å². The summed E-state index contributed by atoms with van der Waals surface area (Å²) >= 11 is 1.55. The fourth-order valence-corrected chi connectivity index (χ4v) is 3.27. The fourth-order valence-electron chi connectivity index (χ4n) is 2.28. The van der Waals surface area contributed by atoms with Crippen LogP contribution < -0.4 is 5.32 Å². The van der Waals surface area contributed by atoms with Crippen molar-refractivity contribution in [3.8, 4) is 10.6 Å². The summed E-state index contributed by atoms with van der Waals surface area (Å²) in [5.74, 6) is 0.662. The van der Waals surface area contributed by atoms with Gasteiger partial charge in [0, 0.05) is 22.8 Å². The quantitative estimate of drug-likeness (QED) is 0.680. The number of thiazole rings is 1. The molecule has 0 radical (unpaired) electrons. The maximum Gasteiger partial charge on any atom is 0.287 e. The number of amides is 1. The lowest BCUT2D eigenvalue weighted by molar-refractivity contribution is 0.0535. The zero-order valence-corrected chi connectivity index (χ0v) is 15.8. The van der Waals surface area contributed by atoms with Crippen LogP contribution in [0.1, 0.15) is 40.7 Å². The third kappa shape index (κ3) is 4.56. The van der Waals surface area contributed by atoms with Crippen LogP contribution in [0.5, 0.6) is 0 Å². The molecular weight excluding hydrogens is 350 g/mol. The van der Waals surface area contributed by atoms with E-state index in [0.717, 1.165) is 21.1 Å². The van der Waals surface area contributed by atoms with Gasteiger partial charge in [0.15, 0.2) is 5.76 Å². The molecule has 0 atom stereocenters. The van der Waals surface area contributed by atoms with Gasteiger partial charge in [-0.15, -0.1) is 11.3 Å². The summed E-state index contributed by atoms with van der Waals surface area (Å²) in [5, 5.41) is 3.77. The molecule has 7 heteroatoms. The summed E-state index contributed by atoms with van der Waals surface area (Å²) < 4.78 is 11.0. The third-order valence-corrected chi connectivity index (χ3v) is 4.86. The van der Waals surface area contributed by atoms with Crippen molar-refractivity contribution in [2.75, 3.05) is 0 Å². The second-order valence-electron chi connectivity index (χ2n) is 6.08. The van der Waals surface area contributed by atoms with Crippen molar-refractivity contribution in [3.05, 3.63) is 58.8 Å². The van der Waals surface area contributed by atoms with Gasteiger partial charge in [-0.25, -0.2) is 4.98 Å². The second-order valence-corrected chi connectivity index (χ2v) is 7.16. The van der Waals surface area contributed by atoms with Crippen molar-refractivity contribution in [1.29, 1.82) is 0 Å². The Morgan fingerprint density at radius 2 is 2.19 bits per heavy atom. The molecule has 136 valence electrons.